The number of hydrogen-bond acceptors (Lipinski definition) is 4. The van der Waals surface area contributed by atoms with Crippen LogP contribution in [0.4, 0.5) is 0 Å². The molecule has 0 saturated heterocycles. The fourth-order valence-electron chi connectivity index (χ4n) is 2.25. The quantitative estimate of drug-likeness (QED) is 0.542. The molecule has 0 fully saturated rings. The summed E-state index contributed by atoms with van der Waals surface area (Å²) in [5, 5.41) is 0. The number of carbonyl (C=O) groups is 2. The van der Waals surface area contributed by atoms with Gasteiger partial charge in [0.2, 0.25) is 0 Å². The molecule has 0 amide bonds. The molecule has 0 aliphatic carbocycles. The van der Waals surface area contributed by atoms with E-state index in [1.807, 2.05) is 0 Å². The molecular formula is C20H20O4. The summed E-state index contributed by atoms with van der Waals surface area (Å²) in [5.74, 6) is 1.21. The Balaban J connectivity index is 1.93. The first kappa shape index (κ1) is 17.5. The third-order valence-corrected chi connectivity index (χ3v) is 3.74. The van der Waals surface area contributed by atoms with E-state index in [4.69, 9.17) is 9.47 Å². The number of allylic oxidation sites excluding steroid dienone is 1. The minimum atomic E-state index is -0.153. The second-order valence-corrected chi connectivity index (χ2v) is 5.31. The Morgan fingerprint density at radius 2 is 1.25 bits per heavy atom. The second-order valence-electron chi connectivity index (χ2n) is 5.31. The van der Waals surface area contributed by atoms with E-state index in [9.17, 15) is 9.59 Å². The molecule has 0 N–H and O–H groups in total. The molecule has 4 nitrogen and oxygen atoms in total. The summed E-state index contributed by atoms with van der Waals surface area (Å²) in [6, 6.07) is 13.8. The van der Waals surface area contributed by atoms with E-state index in [1.54, 1.807) is 62.8 Å². The van der Waals surface area contributed by atoms with Gasteiger partial charge >= 0.3 is 0 Å². The smallest absolute Gasteiger partial charge is 0.188 e. The van der Waals surface area contributed by atoms with Gasteiger partial charge in [0.25, 0.3) is 0 Å². The number of carbonyl (C=O) groups excluding carboxylic acids is 2. The number of methoxy groups -OCH3 is 2. The molecule has 0 aliphatic heterocycles. The highest BCUT2D eigenvalue weighted by molar-refractivity contribution is 6.09. The van der Waals surface area contributed by atoms with Gasteiger partial charge in [0.1, 0.15) is 11.5 Å². The Hall–Kier alpha value is -2.88. The van der Waals surface area contributed by atoms with Gasteiger partial charge in [0, 0.05) is 17.5 Å². The zero-order valence-electron chi connectivity index (χ0n) is 13.9. The van der Waals surface area contributed by atoms with Crippen molar-refractivity contribution in [3.05, 3.63) is 71.8 Å². The van der Waals surface area contributed by atoms with Crippen LogP contribution in [0.25, 0.3) is 0 Å². The molecule has 2 rings (SSSR count). The lowest BCUT2D eigenvalue weighted by molar-refractivity contribution is 0.0979. The molecule has 0 saturated carbocycles. The maximum absolute atomic E-state index is 12.3. The lowest BCUT2D eigenvalue weighted by atomic mass is 9.98. The van der Waals surface area contributed by atoms with E-state index in [2.05, 4.69) is 6.58 Å². The van der Waals surface area contributed by atoms with Crippen LogP contribution >= 0.6 is 0 Å². The van der Waals surface area contributed by atoms with Crippen molar-refractivity contribution in [2.45, 2.75) is 12.8 Å². The molecular weight excluding hydrogens is 304 g/mol. The molecule has 0 heterocycles. The predicted molar refractivity (Wildman–Crippen MR) is 93.0 cm³/mol. The first-order valence-electron chi connectivity index (χ1n) is 7.59. The van der Waals surface area contributed by atoms with Crippen molar-refractivity contribution >= 4 is 11.6 Å². The van der Waals surface area contributed by atoms with Gasteiger partial charge in [-0.2, -0.15) is 0 Å². The first-order chi connectivity index (χ1) is 11.5. The summed E-state index contributed by atoms with van der Waals surface area (Å²) < 4.78 is 10.1. The van der Waals surface area contributed by atoms with Crippen molar-refractivity contribution in [2.75, 3.05) is 14.2 Å². The van der Waals surface area contributed by atoms with Crippen LogP contribution in [-0.4, -0.2) is 25.8 Å². The molecule has 0 bridgehead atoms. The van der Waals surface area contributed by atoms with Gasteiger partial charge in [0.15, 0.2) is 11.6 Å². The van der Waals surface area contributed by atoms with E-state index in [-0.39, 0.29) is 18.0 Å². The number of ether oxygens (including phenoxy) is 2. The molecule has 4 heteroatoms. The molecule has 0 atom stereocenters. The summed E-state index contributed by atoms with van der Waals surface area (Å²) in [6.07, 6.45) is 0.572. The van der Waals surface area contributed by atoms with Crippen molar-refractivity contribution in [3.8, 4) is 11.5 Å². The standard InChI is InChI=1S/C20H20O4/c1-14(20(22)16-7-11-18(24-3)12-8-16)4-13-19(21)15-5-9-17(23-2)10-6-15/h5-12H,1,4,13H2,2-3H3. The highest BCUT2D eigenvalue weighted by Gasteiger charge is 2.13. The highest BCUT2D eigenvalue weighted by Crippen LogP contribution is 2.18. The minimum absolute atomic E-state index is 0.0265. The van der Waals surface area contributed by atoms with E-state index in [0.29, 0.717) is 34.6 Å². The average Bonchev–Trinajstić information content (AvgIpc) is 2.65. The van der Waals surface area contributed by atoms with Gasteiger partial charge in [-0.1, -0.05) is 6.58 Å². The summed E-state index contributed by atoms with van der Waals surface area (Å²) in [4.78, 5) is 24.5. The van der Waals surface area contributed by atoms with Crippen LogP contribution in [0.2, 0.25) is 0 Å². The zero-order valence-corrected chi connectivity index (χ0v) is 13.9. The summed E-state index contributed by atoms with van der Waals surface area (Å²) in [5.41, 5.74) is 1.56. The summed E-state index contributed by atoms with van der Waals surface area (Å²) in [6.45, 7) is 3.81. The molecule has 24 heavy (non-hydrogen) atoms. The SMILES string of the molecule is C=C(CCC(=O)c1ccc(OC)cc1)C(=O)c1ccc(OC)cc1. The average molecular weight is 324 g/mol. The van der Waals surface area contributed by atoms with E-state index >= 15 is 0 Å². The molecule has 0 spiro atoms. The number of benzene rings is 2. The Morgan fingerprint density at radius 3 is 1.71 bits per heavy atom. The summed E-state index contributed by atoms with van der Waals surface area (Å²) >= 11 is 0. The van der Waals surface area contributed by atoms with Gasteiger partial charge in [-0.25, -0.2) is 0 Å². The normalized spacial score (nSPS) is 10.1. The molecule has 0 radical (unpaired) electrons. The minimum Gasteiger partial charge on any atom is -0.497 e. The van der Waals surface area contributed by atoms with Crippen molar-refractivity contribution in [1.29, 1.82) is 0 Å². The van der Waals surface area contributed by atoms with Crippen molar-refractivity contribution in [1.82, 2.24) is 0 Å². The second kappa shape index (κ2) is 8.11. The predicted octanol–water partition coefficient (Wildman–Crippen LogP) is 4.11. The molecule has 2 aromatic carbocycles. The van der Waals surface area contributed by atoms with Crippen molar-refractivity contribution < 1.29 is 19.1 Å². The Kier molecular flexibility index (Phi) is 5.90. The molecule has 0 aromatic heterocycles. The van der Waals surface area contributed by atoms with Crippen LogP contribution in [0.3, 0.4) is 0 Å². The fourth-order valence-corrected chi connectivity index (χ4v) is 2.25. The van der Waals surface area contributed by atoms with E-state index in [1.165, 1.54) is 0 Å². The molecule has 0 aliphatic rings. The highest BCUT2D eigenvalue weighted by atomic mass is 16.5. The third-order valence-electron chi connectivity index (χ3n) is 3.74. The lowest BCUT2D eigenvalue weighted by Crippen LogP contribution is -2.06. The maximum atomic E-state index is 12.3. The largest absolute Gasteiger partial charge is 0.497 e. The van der Waals surface area contributed by atoms with Crippen LogP contribution in [0.1, 0.15) is 33.6 Å². The van der Waals surface area contributed by atoms with Crippen LogP contribution in [-0.2, 0) is 0 Å². The number of rotatable bonds is 8. The van der Waals surface area contributed by atoms with Gasteiger partial charge in [-0.3, -0.25) is 9.59 Å². The third kappa shape index (κ3) is 4.32. The van der Waals surface area contributed by atoms with Crippen molar-refractivity contribution in [3.63, 3.8) is 0 Å². The Bertz CT molecular complexity index is 727. The monoisotopic (exact) mass is 324 g/mol. The Morgan fingerprint density at radius 1 is 0.792 bits per heavy atom. The van der Waals surface area contributed by atoms with E-state index in [0.717, 1.165) is 0 Å². The van der Waals surface area contributed by atoms with Gasteiger partial charge in [-0.05, 0) is 60.5 Å². The van der Waals surface area contributed by atoms with Gasteiger partial charge < -0.3 is 9.47 Å². The first-order valence-corrected chi connectivity index (χ1v) is 7.59. The topological polar surface area (TPSA) is 52.6 Å². The van der Waals surface area contributed by atoms with Crippen LogP contribution in [0.5, 0.6) is 11.5 Å². The number of Topliss-reactive ketones (excluding diaryl/α,β-unsaturated/α-hetero) is 2. The maximum Gasteiger partial charge on any atom is 0.188 e. The number of ketones is 2. The van der Waals surface area contributed by atoms with Crippen LogP contribution in [0, 0.1) is 0 Å². The molecule has 2 aromatic rings. The van der Waals surface area contributed by atoms with Gasteiger partial charge in [0.05, 0.1) is 14.2 Å². The summed E-state index contributed by atoms with van der Waals surface area (Å²) in [7, 11) is 3.14. The lowest BCUT2D eigenvalue weighted by Gasteiger charge is -2.06. The van der Waals surface area contributed by atoms with Gasteiger partial charge in [-0.15, -0.1) is 0 Å². The van der Waals surface area contributed by atoms with Crippen LogP contribution in [0.15, 0.2) is 60.7 Å². The fraction of sp³-hybridized carbons (Fsp3) is 0.200. The molecule has 0 unspecified atom stereocenters. The van der Waals surface area contributed by atoms with Crippen LogP contribution < -0.4 is 9.47 Å². The van der Waals surface area contributed by atoms with E-state index < -0.39 is 0 Å². The zero-order chi connectivity index (χ0) is 17.5. The molecule has 124 valence electrons. The van der Waals surface area contributed by atoms with Crippen molar-refractivity contribution in [2.24, 2.45) is 0 Å². The Labute approximate surface area is 141 Å². The number of hydrogen-bond donors (Lipinski definition) is 0.